The molecule has 0 aromatic heterocycles. The summed E-state index contributed by atoms with van der Waals surface area (Å²) in [7, 11) is 0. The maximum absolute atomic E-state index is 5.99. The van der Waals surface area contributed by atoms with Gasteiger partial charge >= 0.3 is 0 Å². The van der Waals surface area contributed by atoms with Crippen molar-refractivity contribution in [1.29, 1.82) is 0 Å². The Kier molecular flexibility index (Phi) is 3.26. The smallest absolute Gasteiger partial charge is 0.0406 e. The van der Waals surface area contributed by atoms with Crippen LogP contribution in [-0.4, -0.2) is 0 Å². The summed E-state index contributed by atoms with van der Waals surface area (Å²) in [5.41, 5.74) is 5.66. The van der Waals surface area contributed by atoms with Crippen molar-refractivity contribution in [1.82, 2.24) is 0 Å². The Labute approximate surface area is 132 Å². The van der Waals surface area contributed by atoms with Crippen molar-refractivity contribution >= 4 is 17.7 Å². The molecule has 0 nitrogen and oxygen atoms in total. The Balaban J connectivity index is 2.17. The van der Waals surface area contributed by atoms with E-state index in [0.717, 1.165) is 5.02 Å². The van der Waals surface area contributed by atoms with Gasteiger partial charge in [0.1, 0.15) is 0 Å². The molecule has 0 saturated carbocycles. The zero-order valence-corrected chi connectivity index (χ0v) is 13.8. The van der Waals surface area contributed by atoms with Crippen molar-refractivity contribution in [2.75, 3.05) is 0 Å². The van der Waals surface area contributed by atoms with Gasteiger partial charge in [-0.3, -0.25) is 0 Å². The Morgan fingerprint density at radius 2 is 1.24 bits per heavy atom. The normalized spacial score (nSPS) is 18.4. The molecule has 3 rings (SSSR count). The van der Waals surface area contributed by atoms with Crippen LogP contribution in [0.15, 0.2) is 54.1 Å². The molecule has 0 heterocycles. The zero-order chi connectivity index (χ0) is 15.3. The van der Waals surface area contributed by atoms with Gasteiger partial charge in [-0.1, -0.05) is 81.8 Å². The quantitative estimate of drug-likeness (QED) is 0.606. The molecule has 1 aliphatic carbocycles. The van der Waals surface area contributed by atoms with Gasteiger partial charge in [-0.25, -0.2) is 0 Å². The van der Waals surface area contributed by atoms with Crippen molar-refractivity contribution in [3.05, 3.63) is 75.8 Å². The summed E-state index contributed by atoms with van der Waals surface area (Å²) < 4.78 is 0. The van der Waals surface area contributed by atoms with Crippen LogP contribution < -0.4 is 0 Å². The number of allylic oxidation sites excluding steroid dienone is 1. The Morgan fingerprint density at radius 3 is 1.71 bits per heavy atom. The van der Waals surface area contributed by atoms with Crippen LogP contribution in [0, 0.1) is 0 Å². The van der Waals surface area contributed by atoms with Crippen LogP contribution in [0.3, 0.4) is 0 Å². The van der Waals surface area contributed by atoms with E-state index in [4.69, 9.17) is 11.6 Å². The molecule has 2 aromatic rings. The van der Waals surface area contributed by atoms with E-state index in [9.17, 15) is 0 Å². The van der Waals surface area contributed by atoms with E-state index < -0.39 is 0 Å². The van der Waals surface area contributed by atoms with Crippen LogP contribution in [-0.2, 0) is 10.8 Å². The van der Waals surface area contributed by atoms with E-state index >= 15 is 0 Å². The number of hydrogen-bond donors (Lipinski definition) is 0. The average molecular weight is 297 g/mol. The first-order valence-corrected chi connectivity index (χ1v) is 7.79. The fourth-order valence-electron chi connectivity index (χ4n) is 3.73. The highest BCUT2D eigenvalue weighted by Crippen LogP contribution is 2.53. The standard InChI is InChI=1S/C20H21Cl/c1-19(2)16-7-5-6-8-17(16)20(3,4)18(19)13-14-9-11-15(21)12-10-14/h5-13H,1-4H3. The Bertz CT molecular complexity index is 666. The lowest BCUT2D eigenvalue weighted by Gasteiger charge is -2.29. The monoisotopic (exact) mass is 296 g/mol. The highest BCUT2D eigenvalue weighted by molar-refractivity contribution is 6.30. The van der Waals surface area contributed by atoms with Gasteiger partial charge < -0.3 is 0 Å². The molecule has 0 radical (unpaired) electrons. The second-order valence-electron chi connectivity index (χ2n) is 6.91. The third-order valence-electron chi connectivity index (χ3n) is 4.80. The van der Waals surface area contributed by atoms with Crippen molar-refractivity contribution in [2.24, 2.45) is 0 Å². The van der Waals surface area contributed by atoms with Crippen LogP contribution in [0.2, 0.25) is 5.02 Å². The highest BCUT2D eigenvalue weighted by atomic mass is 35.5. The van der Waals surface area contributed by atoms with Gasteiger partial charge in [-0.05, 0) is 34.4 Å². The van der Waals surface area contributed by atoms with Gasteiger partial charge in [0.05, 0.1) is 0 Å². The maximum atomic E-state index is 5.99. The molecular formula is C20H21Cl. The molecule has 21 heavy (non-hydrogen) atoms. The third kappa shape index (κ3) is 2.22. The van der Waals surface area contributed by atoms with Gasteiger partial charge in [0, 0.05) is 15.9 Å². The molecule has 2 aromatic carbocycles. The first-order chi connectivity index (χ1) is 9.83. The molecule has 0 unspecified atom stereocenters. The molecule has 108 valence electrons. The first-order valence-electron chi connectivity index (χ1n) is 7.42. The van der Waals surface area contributed by atoms with Gasteiger partial charge in [-0.15, -0.1) is 0 Å². The highest BCUT2D eigenvalue weighted by Gasteiger charge is 2.45. The molecule has 0 bridgehead atoms. The molecule has 0 saturated heterocycles. The summed E-state index contributed by atoms with van der Waals surface area (Å²) in [6.07, 6.45) is 2.33. The van der Waals surface area contributed by atoms with Crippen LogP contribution in [0.25, 0.3) is 6.08 Å². The summed E-state index contributed by atoms with van der Waals surface area (Å²) in [6, 6.07) is 16.9. The van der Waals surface area contributed by atoms with Crippen molar-refractivity contribution < 1.29 is 0 Å². The fourth-order valence-corrected chi connectivity index (χ4v) is 3.86. The largest absolute Gasteiger partial charge is 0.0843 e. The number of hydrogen-bond acceptors (Lipinski definition) is 0. The van der Waals surface area contributed by atoms with Crippen molar-refractivity contribution in [2.45, 2.75) is 38.5 Å². The van der Waals surface area contributed by atoms with Gasteiger partial charge in [0.2, 0.25) is 0 Å². The molecule has 0 fully saturated rings. The molecule has 0 amide bonds. The number of fused-ring (bicyclic) bond motifs is 1. The third-order valence-corrected chi connectivity index (χ3v) is 5.05. The second kappa shape index (κ2) is 4.74. The van der Waals surface area contributed by atoms with Crippen molar-refractivity contribution in [3.63, 3.8) is 0 Å². The number of halogens is 1. The zero-order valence-electron chi connectivity index (χ0n) is 13.1. The summed E-state index contributed by atoms with van der Waals surface area (Å²) in [5, 5.41) is 0.783. The van der Waals surface area contributed by atoms with Crippen LogP contribution in [0.5, 0.6) is 0 Å². The molecule has 0 atom stereocenters. The summed E-state index contributed by atoms with van der Waals surface area (Å²) in [5.74, 6) is 0. The predicted molar refractivity (Wildman–Crippen MR) is 91.9 cm³/mol. The van der Waals surface area contributed by atoms with Gasteiger partial charge in [-0.2, -0.15) is 0 Å². The molecule has 0 spiro atoms. The maximum Gasteiger partial charge on any atom is 0.0406 e. The Hall–Kier alpha value is -1.53. The van der Waals surface area contributed by atoms with E-state index in [-0.39, 0.29) is 10.8 Å². The average Bonchev–Trinajstić information content (AvgIpc) is 2.60. The van der Waals surface area contributed by atoms with Gasteiger partial charge in [0.15, 0.2) is 0 Å². The summed E-state index contributed by atoms with van der Waals surface area (Å²) >= 11 is 5.99. The van der Waals surface area contributed by atoms with E-state index in [0.29, 0.717) is 0 Å². The molecule has 0 aliphatic heterocycles. The molecule has 0 N–H and O–H groups in total. The summed E-state index contributed by atoms with van der Waals surface area (Å²) in [6.45, 7) is 9.29. The molecule has 1 aliphatic rings. The molecule has 1 heteroatoms. The lowest BCUT2D eigenvalue weighted by Crippen LogP contribution is -2.23. The fraction of sp³-hybridized carbons (Fsp3) is 0.300. The second-order valence-corrected chi connectivity index (χ2v) is 7.34. The predicted octanol–water partition coefficient (Wildman–Crippen LogP) is 5.99. The first kappa shape index (κ1) is 14.4. The number of benzene rings is 2. The van der Waals surface area contributed by atoms with Crippen LogP contribution in [0.4, 0.5) is 0 Å². The minimum atomic E-state index is 0.0553. The minimum absolute atomic E-state index is 0.0553. The molecular weight excluding hydrogens is 276 g/mol. The van der Waals surface area contributed by atoms with E-state index in [1.165, 1.54) is 22.3 Å². The van der Waals surface area contributed by atoms with Crippen molar-refractivity contribution in [3.8, 4) is 0 Å². The number of rotatable bonds is 1. The van der Waals surface area contributed by atoms with E-state index in [1.807, 2.05) is 12.1 Å². The SMILES string of the molecule is CC1(C)C(=Cc2ccc(Cl)cc2)C(C)(C)c2ccccc21. The Morgan fingerprint density at radius 1 is 0.762 bits per heavy atom. The van der Waals surface area contributed by atoms with Crippen LogP contribution in [0.1, 0.15) is 44.4 Å². The lowest BCUT2D eigenvalue weighted by atomic mass is 9.75. The van der Waals surface area contributed by atoms with Gasteiger partial charge in [0.25, 0.3) is 0 Å². The van der Waals surface area contributed by atoms with Crippen LogP contribution >= 0.6 is 11.6 Å². The van der Waals surface area contributed by atoms with E-state index in [2.05, 4.69) is 70.2 Å². The van der Waals surface area contributed by atoms with E-state index in [1.54, 1.807) is 0 Å². The minimum Gasteiger partial charge on any atom is -0.0843 e. The topological polar surface area (TPSA) is 0 Å². The summed E-state index contributed by atoms with van der Waals surface area (Å²) in [4.78, 5) is 0. The lowest BCUT2D eigenvalue weighted by molar-refractivity contribution is 0.555.